The van der Waals surface area contributed by atoms with Crippen LogP contribution in [0.3, 0.4) is 0 Å². The zero-order chi connectivity index (χ0) is 23.6. The molecule has 1 fully saturated rings. The molecule has 4 rings (SSSR count). The third-order valence-electron chi connectivity index (χ3n) is 5.97. The molecule has 0 radical (unpaired) electrons. The van der Waals surface area contributed by atoms with E-state index in [1.165, 1.54) is 34.3 Å². The first-order valence-corrected chi connectivity index (χ1v) is 13.3. The minimum Gasteiger partial charge on any atom is -0.306 e. The number of hydrogen-bond acceptors (Lipinski definition) is 6. The molecule has 33 heavy (non-hydrogen) atoms. The van der Waals surface area contributed by atoms with Gasteiger partial charge in [0.2, 0.25) is 10.0 Å². The molecule has 2 heterocycles. The van der Waals surface area contributed by atoms with Crippen LogP contribution in [0, 0.1) is 16.0 Å². The van der Waals surface area contributed by atoms with Gasteiger partial charge in [0.05, 0.1) is 25.7 Å². The fourth-order valence-corrected chi connectivity index (χ4v) is 6.46. The molecule has 0 unspecified atom stereocenters. The van der Waals surface area contributed by atoms with Crippen molar-refractivity contribution in [3.8, 4) is 0 Å². The lowest BCUT2D eigenvalue weighted by atomic mass is 10.0. The molecule has 0 saturated carbocycles. The highest BCUT2D eigenvalue weighted by Crippen LogP contribution is 2.33. The second kappa shape index (κ2) is 9.70. The Morgan fingerprint density at radius 2 is 1.91 bits per heavy atom. The lowest BCUT2D eigenvalue weighted by molar-refractivity contribution is -0.388. The smallest absolute Gasteiger partial charge is 0.306 e. The first-order valence-electron chi connectivity index (χ1n) is 10.9. The van der Waals surface area contributed by atoms with Crippen LogP contribution in [0.5, 0.6) is 0 Å². The molecule has 1 aromatic heterocycles. The van der Waals surface area contributed by atoms with Gasteiger partial charge in [-0.25, -0.2) is 13.2 Å². The average molecular weight is 491 g/mol. The molecular weight excluding hydrogens is 464 g/mol. The summed E-state index contributed by atoms with van der Waals surface area (Å²) in [5.41, 5.74) is 1.19. The number of thioether (sulfide) groups is 1. The van der Waals surface area contributed by atoms with Crippen LogP contribution in [0.25, 0.3) is 11.0 Å². The largest absolute Gasteiger partial charge is 0.326 e. The number of nitro benzene ring substituents is 1. The average Bonchev–Trinajstić information content (AvgIpc) is 3.11. The number of para-hydroxylation sites is 2. The molecule has 1 aliphatic rings. The van der Waals surface area contributed by atoms with Crippen LogP contribution in [0.2, 0.25) is 0 Å². The number of aromatic amines is 1. The summed E-state index contributed by atoms with van der Waals surface area (Å²) in [4.78, 5) is 26.5. The Morgan fingerprint density at radius 3 is 2.64 bits per heavy atom. The number of sulfonamides is 1. The molecule has 2 aromatic carbocycles. The van der Waals surface area contributed by atoms with Gasteiger partial charge in [0.15, 0.2) is 0 Å². The van der Waals surface area contributed by atoms with E-state index in [2.05, 4.69) is 11.9 Å². The molecule has 11 heteroatoms. The molecule has 1 N–H and O–H groups in total. The Balaban J connectivity index is 1.45. The zero-order valence-corrected chi connectivity index (χ0v) is 19.9. The minimum atomic E-state index is -3.76. The van der Waals surface area contributed by atoms with Gasteiger partial charge in [0.1, 0.15) is 0 Å². The number of piperidine rings is 1. The quantitative estimate of drug-likeness (QED) is 0.222. The lowest BCUT2D eigenvalue weighted by Gasteiger charge is -2.29. The predicted molar refractivity (Wildman–Crippen MR) is 128 cm³/mol. The molecule has 9 nitrogen and oxygen atoms in total. The molecule has 0 bridgehead atoms. The summed E-state index contributed by atoms with van der Waals surface area (Å²) in [6, 6.07) is 11.6. The number of aromatic nitrogens is 2. The van der Waals surface area contributed by atoms with Gasteiger partial charge in [-0.1, -0.05) is 19.1 Å². The highest BCUT2D eigenvalue weighted by molar-refractivity contribution is 7.99. The topological polar surface area (TPSA) is 118 Å². The highest BCUT2D eigenvalue weighted by atomic mass is 32.2. The number of imidazole rings is 1. The Morgan fingerprint density at radius 1 is 1.18 bits per heavy atom. The van der Waals surface area contributed by atoms with E-state index in [0.29, 0.717) is 42.6 Å². The van der Waals surface area contributed by atoms with E-state index in [1.54, 1.807) is 4.57 Å². The van der Waals surface area contributed by atoms with Crippen molar-refractivity contribution in [1.29, 1.82) is 0 Å². The molecule has 0 spiro atoms. The van der Waals surface area contributed by atoms with E-state index in [1.807, 2.05) is 24.3 Å². The van der Waals surface area contributed by atoms with E-state index in [-0.39, 0.29) is 16.3 Å². The van der Waals surface area contributed by atoms with E-state index >= 15 is 0 Å². The number of nitrogens with zero attached hydrogens (tertiary/aromatic N) is 3. The van der Waals surface area contributed by atoms with Gasteiger partial charge >= 0.3 is 5.69 Å². The summed E-state index contributed by atoms with van der Waals surface area (Å²) in [5, 5.41) is 11.7. The summed E-state index contributed by atoms with van der Waals surface area (Å²) >= 11 is 1.29. The first-order chi connectivity index (χ1) is 15.8. The van der Waals surface area contributed by atoms with E-state index in [4.69, 9.17) is 0 Å². The fraction of sp³-hybridized carbons (Fsp3) is 0.409. The lowest BCUT2D eigenvalue weighted by Crippen LogP contribution is -2.37. The monoisotopic (exact) mass is 490 g/mol. The summed E-state index contributed by atoms with van der Waals surface area (Å²) in [6.45, 7) is 3.43. The first kappa shape index (κ1) is 23.5. The van der Waals surface area contributed by atoms with Crippen molar-refractivity contribution in [2.45, 2.75) is 42.5 Å². The van der Waals surface area contributed by atoms with E-state index in [9.17, 15) is 23.3 Å². The van der Waals surface area contributed by atoms with Crippen molar-refractivity contribution in [1.82, 2.24) is 13.9 Å². The molecule has 1 saturated heterocycles. The molecule has 1 aliphatic heterocycles. The van der Waals surface area contributed by atoms with Crippen LogP contribution in [0.4, 0.5) is 5.69 Å². The van der Waals surface area contributed by atoms with Crippen LogP contribution < -0.4 is 5.69 Å². The van der Waals surface area contributed by atoms with E-state index < -0.39 is 14.9 Å². The molecule has 0 aliphatic carbocycles. The summed E-state index contributed by atoms with van der Waals surface area (Å²) in [7, 11) is -3.76. The number of nitro groups is 1. The molecule has 0 amide bonds. The van der Waals surface area contributed by atoms with Crippen molar-refractivity contribution in [2.75, 3.05) is 18.8 Å². The van der Waals surface area contributed by atoms with Gasteiger partial charge in [0.25, 0.3) is 5.69 Å². The van der Waals surface area contributed by atoms with Gasteiger partial charge in [-0.2, -0.15) is 4.31 Å². The van der Waals surface area contributed by atoms with Crippen LogP contribution in [0.15, 0.2) is 57.1 Å². The Hall–Kier alpha value is -2.63. The number of fused-ring (bicyclic) bond motifs is 1. The van der Waals surface area contributed by atoms with Crippen LogP contribution in [0.1, 0.15) is 26.2 Å². The van der Waals surface area contributed by atoms with E-state index in [0.717, 1.165) is 23.9 Å². The predicted octanol–water partition coefficient (Wildman–Crippen LogP) is 3.84. The maximum absolute atomic E-state index is 13.0. The summed E-state index contributed by atoms with van der Waals surface area (Å²) < 4.78 is 29.0. The maximum Gasteiger partial charge on any atom is 0.326 e. The van der Waals surface area contributed by atoms with Crippen molar-refractivity contribution in [3.05, 3.63) is 63.1 Å². The molecule has 0 atom stereocenters. The SMILES string of the molecule is CC1CCN(S(=O)(=O)c2ccc(SCCCn3c(=O)[nH]c4ccccc43)c([N+](=O)[O-])c2)CC1. The highest BCUT2D eigenvalue weighted by Gasteiger charge is 2.30. The Kier molecular flexibility index (Phi) is 6.91. The maximum atomic E-state index is 13.0. The summed E-state index contributed by atoms with van der Waals surface area (Å²) in [6.07, 6.45) is 2.19. The number of benzene rings is 2. The van der Waals surface area contributed by atoms with Gasteiger partial charge in [-0.05, 0) is 55.2 Å². The number of H-pyrrole nitrogens is 1. The zero-order valence-electron chi connectivity index (χ0n) is 18.3. The standard InChI is InChI=1S/C22H26N4O5S2/c1-16-9-12-24(13-10-16)33(30,31)17-7-8-21(20(15-17)26(28)29)32-14-4-11-25-19-6-3-2-5-18(19)23-22(25)27/h2-3,5-8,15-16H,4,9-14H2,1H3,(H,23,27). The van der Waals surface area contributed by atoms with Crippen molar-refractivity contribution in [2.24, 2.45) is 5.92 Å². The fourth-order valence-electron chi connectivity index (χ4n) is 4.03. The van der Waals surface area contributed by atoms with Crippen molar-refractivity contribution in [3.63, 3.8) is 0 Å². The van der Waals surface area contributed by atoms with Crippen molar-refractivity contribution < 1.29 is 13.3 Å². The second-order valence-electron chi connectivity index (χ2n) is 8.27. The number of aryl methyl sites for hydroxylation is 1. The third-order valence-corrected chi connectivity index (χ3v) is 9.02. The van der Waals surface area contributed by atoms with Crippen molar-refractivity contribution >= 4 is 38.5 Å². The van der Waals surface area contributed by atoms with Gasteiger partial charge in [0, 0.05) is 25.7 Å². The number of hydrogen-bond donors (Lipinski definition) is 1. The number of nitrogens with one attached hydrogen (secondary N) is 1. The number of rotatable bonds is 8. The normalized spacial score (nSPS) is 15.8. The Bertz CT molecular complexity index is 1320. The summed E-state index contributed by atoms with van der Waals surface area (Å²) in [5.74, 6) is 1.02. The van der Waals surface area contributed by atoms with Crippen LogP contribution in [-0.4, -0.2) is 46.0 Å². The van der Waals surface area contributed by atoms with Gasteiger partial charge in [-0.15, -0.1) is 11.8 Å². The van der Waals surface area contributed by atoms with Gasteiger partial charge in [-0.3, -0.25) is 14.7 Å². The third kappa shape index (κ3) is 4.99. The minimum absolute atomic E-state index is 0.0431. The van der Waals surface area contributed by atoms with Crippen LogP contribution >= 0.6 is 11.8 Å². The van der Waals surface area contributed by atoms with Crippen LogP contribution in [-0.2, 0) is 16.6 Å². The molecule has 176 valence electrons. The second-order valence-corrected chi connectivity index (χ2v) is 11.3. The Labute approximate surface area is 196 Å². The van der Waals surface area contributed by atoms with Gasteiger partial charge < -0.3 is 4.98 Å². The molecule has 3 aromatic rings. The molecular formula is C22H26N4O5S2.